The van der Waals surface area contributed by atoms with Gasteiger partial charge in [-0.2, -0.15) is 5.10 Å². The molecule has 1 heterocycles. The Labute approximate surface area is 107 Å². The lowest BCUT2D eigenvalue weighted by Gasteiger charge is -2.04. The van der Waals surface area contributed by atoms with Gasteiger partial charge in [0.2, 0.25) is 0 Å². The van der Waals surface area contributed by atoms with Crippen molar-refractivity contribution in [2.75, 3.05) is 0 Å². The van der Waals surface area contributed by atoms with Gasteiger partial charge in [0.25, 0.3) is 0 Å². The number of fused-ring (bicyclic) bond motifs is 1. The third-order valence-electron chi connectivity index (χ3n) is 3.36. The van der Waals surface area contributed by atoms with E-state index in [4.69, 9.17) is 0 Å². The Morgan fingerprint density at radius 1 is 1.00 bits per heavy atom. The normalized spacial score (nSPS) is 11.0. The van der Waals surface area contributed by atoms with Gasteiger partial charge in [-0.25, -0.2) is 4.68 Å². The summed E-state index contributed by atoms with van der Waals surface area (Å²) < 4.78 is 2.02. The first-order valence-corrected chi connectivity index (χ1v) is 6.33. The molecular weight excluding hydrogens is 220 g/mol. The minimum absolute atomic E-state index is 1.07. The lowest BCUT2D eigenvalue weighted by molar-refractivity contribution is 0.887. The fourth-order valence-electron chi connectivity index (χ4n) is 2.29. The molecule has 0 atom stereocenters. The van der Waals surface area contributed by atoms with Crippen LogP contribution in [0.1, 0.15) is 18.2 Å². The molecule has 0 saturated carbocycles. The van der Waals surface area contributed by atoms with Crippen molar-refractivity contribution in [2.45, 2.75) is 20.3 Å². The molecule has 0 radical (unpaired) electrons. The van der Waals surface area contributed by atoms with Gasteiger partial charge in [-0.1, -0.05) is 37.3 Å². The summed E-state index contributed by atoms with van der Waals surface area (Å²) in [4.78, 5) is 0. The standard InChI is InChI=1S/C16H16N2/c1-3-13-8-10-14(11-9-13)18-16-7-5-4-6-15(16)12(2)17-18/h4-11H,3H2,1-2H3. The summed E-state index contributed by atoms with van der Waals surface area (Å²) in [6, 6.07) is 17.0. The van der Waals surface area contributed by atoms with Crippen LogP contribution in [0.15, 0.2) is 48.5 Å². The minimum atomic E-state index is 1.07. The zero-order valence-electron chi connectivity index (χ0n) is 10.7. The first kappa shape index (κ1) is 11.0. The molecule has 2 aromatic carbocycles. The number of benzene rings is 2. The average molecular weight is 236 g/mol. The van der Waals surface area contributed by atoms with Crippen molar-refractivity contribution in [1.82, 2.24) is 9.78 Å². The molecule has 0 bridgehead atoms. The van der Waals surface area contributed by atoms with Crippen LogP contribution in [0.2, 0.25) is 0 Å². The van der Waals surface area contributed by atoms with Gasteiger partial charge in [0.15, 0.2) is 0 Å². The highest BCUT2D eigenvalue weighted by molar-refractivity contribution is 5.83. The number of nitrogens with zero attached hydrogens (tertiary/aromatic N) is 2. The topological polar surface area (TPSA) is 17.8 Å². The van der Waals surface area contributed by atoms with Crippen molar-refractivity contribution >= 4 is 10.9 Å². The summed E-state index contributed by atoms with van der Waals surface area (Å²) in [6.45, 7) is 4.22. The van der Waals surface area contributed by atoms with Gasteiger partial charge < -0.3 is 0 Å². The van der Waals surface area contributed by atoms with E-state index >= 15 is 0 Å². The van der Waals surface area contributed by atoms with E-state index < -0.39 is 0 Å². The highest BCUT2D eigenvalue weighted by atomic mass is 15.3. The van der Waals surface area contributed by atoms with E-state index in [-0.39, 0.29) is 0 Å². The molecule has 18 heavy (non-hydrogen) atoms. The molecule has 0 N–H and O–H groups in total. The van der Waals surface area contributed by atoms with Crippen LogP contribution in [0.5, 0.6) is 0 Å². The van der Waals surface area contributed by atoms with Crippen molar-refractivity contribution in [3.8, 4) is 5.69 Å². The Morgan fingerprint density at radius 2 is 1.72 bits per heavy atom. The molecule has 0 aliphatic heterocycles. The van der Waals surface area contributed by atoms with Crippen LogP contribution < -0.4 is 0 Å². The third kappa shape index (κ3) is 1.70. The molecule has 3 rings (SSSR count). The molecule has 0 saturated heterocycles. The summed E-state index contributed by atoms with van der Waals surface area (Å²) in [5.74, 6) is 0. The van der Waals surface area contributed by atoms with Gasteiger partial charge in [0.05, 0.1) is 16.9 Å². The molecule has 2 heteroatoms. The number of para-hydroxylation sites is 1. The Balaban J connectivity index is 2.18. The van der Waals surface area contributed by atoms with Gasteiger partial charge in [0, 0.05) is 5.39 Å². The number of hydrogen-bond acceptors (Lipinski definition) is 1. The SMILES string of the molecule is CCc1ccc(-n2nc(C)c3ccccc32)cc1. The Kier molecular flexibility index (Phi) is 2.63. The summed E-state index contributed by atoms with van der Waals surface area (Å²) >= 11 is 0. The predicted octanol–water partition coefficient (Wildman–Crippen LogP) is 3.90. The Bertz CT molecular complexity index is 678. The quantitative estimate of drug-likeness (QED) is 0.660. The lowest BCUT2D eigenvalue weighted by atomic mass is 10.1. The van der Waals surface area contributed by atoms with E-state index in [1.807, 2.05) is 4.68 Å². The second-order valence-electron chi connectivity index (χ2n) is 4.53. The summed E-state index contributed by atoms with van der Waals surface area (Å²) in [6.07, 6.45) is 1.07. The number of aromatic nitrogens is 2. The van der Waals surface area contributed by atoms with Crippen molar-refractivity contribution in [1.29, 1.82) is 0 Å². The van der Waals surface area contributed by atoms with Gasteiger partial charge in [-0.3, -0.25) is 0 Å². The van der Waals surface area contributed by atoms with E-state index in [9.17, 15) is 0 Å². The molecule has 2 nitrogen and oxygen atoms in total. The third-order valence-corrected chi connectivity index (χ3v) is 3.36. The van der Waals surface area contributed by atoms with Crippen molar-refractivity contribution in [2.24, 2.45) is 0 Å². The fraction of sp³-hybridized carbons (Fsp3) is 0.188. The number of hydrogen-bond donors (Lipinski definition) is 0. The molecule has 0 aliphatic carbocycles. The zero-order chi connectivity index (χ0) is 12.5. The van der Waals surface area contributed by atoms with Crippen molar-refractivity contribution in [3.63, 3.8) is 0 Å². The van der Waals surface area contributed by atoms with Crippen LogP contribution in [0, 0.1) is 6.92 Å². The highest BCUT2D eigenvalue weighted by Crippen LogP contribution is 2.21. The van der Waals surface area contributed by atoms with Gasteiger partial charge in [-0.15, -0.1) is 0 Å². The average Bonchev–Trinajstić information content (AvgIpc) is 2.77. The fourth-order valence-corrected chi connectivity index (χ4v) is 2.29. The Morgan fingerprint density at radius 3 is 2.44 bits per heavy atom. The van der Waals surface area contributed by atoms with Gasteiger partial charge in [-0.05, 0) is 37.1 Å². The van der Waals surface area contributed by atoms with E-state index in [0.717, 1.165) is 17.8 Å². The summed E-state index contributed by atoms with van der Waals surface area (Å²) in [7, 11) is 0. The van der Waals surface area contributed by atoms with E-state index in [1.165, 1.54) is 16.5 Å². The van der Waals surface area contributed by atoms with E-state index in [2.05, 4.69) is 67.5 Å². The second-order valence-corrected chi connectivity index (χ2v) is 4.53. The maximum atomic E-state index is 4.63. The molecule has 90 valence electrons. The minimum Gasteiger partial charge on any atom is -0.233 e. The molecule has 3 aromatic rings. The molecule has 0 aliphatic rings. The largest absolute Gasteiger partial charge is 0.233 e. The molecule has 0 unspecified atom stereocenters. The zero-order valence-corrected chi connectivity index (χ0v) is 10.7. The molecule has 0 amide bonds. The molecule has 0 fully saturated rings. The van der Waals surface area contributed by atoms with Crippen LogP contribution in [0.3, 0.4) is 0 Å². The van der Waals surface area contributed by atoms with Crippen LogP contribution >= 0.6 is 0 Å². The van der Waals surface area contributed by atoms with Crippen LogP contribution in [0.25, 0.3) is 16.6 Å². The Hall–Kier alpha value is -2.09. The molecule has 1 aromatic heterocycles. The summed E-state index contributed by atoms with van der Waals surface area (Å²) in [5.41, 5.74) is 4.72. The maximum absolute atomic E-state index is 4.63. The van der Waals surface area contributed by atoms with Crippen LogP contribution in [-0.4, -0.2) is 9.78 Å². The maximum Gasteiger partial charge on any atom is 0.0743 e. The van der Waals surface area contributed by atoms with Crippen molar-refractivity contribution < 1.29 is 0 Å². The highest BCUT2D eigenvalue weighted by Gasteiger charge is 2.07. The van der Waals surface area contributed by atoms with Gasteiger partial charge >= 0.3 is 0 Å². The summed E-state index contributed by atoms with van der Waals surface area (Å²) in [5, 5.41) is 5.85. The van der Waals surface area contributed by atoms with E-state index in [0.29, 0.717) is 0 Å². The van der Waals surface area contributed by atoms with Gasteiger partial charge in [0.1, 0.15) is 0 Å². The number of aryl methyl sites for hydroxylation is 2. The molecular formula is C16H16N2. The van der Waals surface area contributed by atoms with E-state index in [1.54, 1.807) is 0 Å². The van der Waals surface area contributed by atoms with Crippen LogP contribution in [0.4, 0.5) is 0 Å². The monoisotopic (exact) mass is 236 g/mol. The van der Waals surface area contributed by atoms with Crippen molar-refractivity contribution in [3.05, 3.63) is 59.8 Å². The molecule has 0 spiro atoms. The lowest BCUT2D eigenvalue weighted by Crippen LogP contribution is -1.96. The predicted molar refractivity (Wildman–Crippen MR) is 75.2 cm³/mol. The second kappa shape index (κ2) is 4.30. The first-order chi connectivity index (χ1) is 8.79. The first-order valence-electron chi connectivity index (χ1n) is 6.33. The smallest absolute Gasteiger partial charge is 0.0743 e. The van der Waals surface area contributed by atoms with Crippen LogP contribution in [-0.2, 0) is 6.42 Å². The number of rotatable bonds is 2.